The zero-order chi connectivity index (χ0) is 17.7. The van der Waals surface area contributed by atoms with Gasteiger partial charge in [0.15, 0.2) is 0 Å². The van der Waals surface area contributed by atoms with E-state index in [-0.39, 0.29) is 17.9 Å². The summed E-state index contributed by atoms with van der Waals surface area (Å²) in [6.45, 7) is 14.5. The van der Waals surface area contributed by atoms with E-state index >= 15 is 0 Å². The van der Waals surface area contributed by atoms with E-state index in [9.17, 15) is 9.90 Å². The molecule has 0 spiro atoms. The van der Waals surface area contributed by atoms with E-state index in [0.717, 1.165) is 56.9 Å². The lowest BCUT2D eigenvalue weighted by atomic mass is 9.90. The summed E-state index contributed by atoms with van der Waals surface area (Å²) in [4.78, 5) is 12.1. The van der Waals surface area contributed by atoms with Gasteiger partial charge in [-0.3, -0.25) is 4.79 Å². The van der Waals surface area contributed by atoms with E-state index in [1.54, 1.807) is 0 Å². The third kappa shape index (κ3) is 10.3. The van der Waals surface area contributed by atoms with Crippen LogP contribution in [-0.2, 0) is 4.79 Å². The summed E-state index contributed by atoms with van der Waals surface area (Å²) in [5.74, 6) is 0.565. The first-order valence-electron chi connectivity index (χ1n) is 9.17. The molecule has 3 atom stereocenters. The van der Waals surface area contributed by atoms with Gasteiger partial charge in [0.05, 0.1) is 6.10 Å². The van der Waals surface area contributed by atoms with Crippen LogP contribution in [0, 0.1) is 11.8 Å². The summed E-state index contributed by atoms with van der Waals surface area (Å²) in [6, 6.07) is 0. The molecule has 0 aliphatic rings. The van der Waals surface area contributed by atoms with E-state index in [2.05, 4.69) is 32.3 Å². The minimum absolute atomic E-state index is 0.0936. The Hall–Kier alpha value is -1.09. The van der Waals surface area contributed by atoms with Gasteiger partial charge in [-0.05, 0) is 57.8 Å². The van der Waals surface area contributed by atoms with Gasteiger partial charge in [0, 0.05) is 12.5 Å². The van der Waals surface area contributed by atoms with E-state index in [4.69, 9.17) is 0 Å². The second kappa shape index (κ2) is 13.4. The highest BCUT2D eigenvalue weighted by atomic mass is 16.3. The summed E-state index contributed by atoms with van der Waals surface area (Å²) >= 11 is 0. The Morgan fingerprint density at radius 3 is 2.43 bits per heavy atom. The monoisotopic (exact) mass is 323 g/mol. The number of amides is 1. The predicted molar refractivity (Wildman–Crippen MR) is 99.3 cm³/mol. The van der Waals surface area contributed by atoms with Crippen molar-refractivity contribution in [3.63, 3.8) is 0 Å². The molecule has 0 rings (SSSR count). The SMILES string of the molecule is C=CCC[C@H](CC)C(=O)NCCC[C@@H](CC)[C@H](O)CCC(=C)C. The van der Waals surface area contributed by atoms with Crippen LogP contribution in [0.5, 0.6) is 0 Å². The van der Waals surface area contributed by atoms with E-state index in [1.165, 1.54) is 0 Å². The molecule has 0 aliphatic carbocycles. The Morgan fingerprint density at radius 1 is 1.22 bits per heavy atom. The Balaban J connectivity index is 4.03. The summed E-state index contributed by atoms with van der Waals surface area (Å²) < 4.78 is 0. The Labute approximate surface area is 143 Å². The minimum Gasteiger partial charge on any atom is -0.393 e. The van der Waals surface area contributed by atoms with Gasteiger partial charge in [-0.1, -0.05) is 31.9 Å². The predicted octanol–water partition coefficient (Wildman–Crippen LogP) is 4.62. The second-order valence-electron chi connectivity index (χ2n) is 6.64. The fraction of sp³-hybridized carbons (Fsp3) is 0.750. The van der Waals surface area contributed by atoms with Crippen molar-refractivity contribution in [3.8, 4) is 0 Å². The van der Waals surface area contributed by atoms with Crippen molar-refractivity contribution in [2.75, 3.05) is 6.54 Å². The molecule has 134 valence electrons. The largest absolute Gasteiger partial charge is 0.393 e. The molecule has 0 saturated heterocycles. The molecule has 0 aromatic carbocycles. The third-order valence-electron chi connectivity index (χ3n) is 4.57. The van der Waals surface area contributed by atoms with Gasteiger partial charge < -0.3 is 10.4 Å². The molecular formula is C20H37NO2. The first-order chi connectivity index (χ1) is 11.0. The van der Waals surface area contributed by atoms with Gasteiger partial charge in [0.2, 0.25) is 5.91 Å². The van der Waals surface area contributed by atoms with Gasteiger partial charge in [-0.25, -0.2) is 0 Å². The zero-order valence-electron chi connectivity index (χ0n) is 15.4. The number of nitrogens with one attached hydrogen (secondary N) is 1. The van der Waals surface area contributed by atoms with Gasteiger partial charge in [-0.2, -0.15) is 0 Å². The minimum atomic E-state index is -0.261. The van der Waals surface area contributed by atoms with Crippen molar-refractivity contribution in [3.05, 3.63) is 24.8 Å². The molecule has 0 aliphatic heterocycles. The molecule has 0 saturated carbocycles. The van der Waals surface area contributed by atoms with Crippen LogP contribution in [0.1, 0.15) is 72.1 Å². The first-order valence-corrected chi connectivity index (χ1v) is 9.17. The standard InChI is InChI=1S/C20H37NO2/c1-6-9-11-18(8-3)20(23)21-15-10-12-17(7-2)19(22)14-13-16(4)5/h6,17-19,22H,1,4,7-15H2,2-3,5H3,(H,21,23)/t17-,18+,19-/m1/s1. The molecule has 1 amide bonds. The average molecular weight is 324 g/mol. The number of hydrogen-bond donors (Lipinski definition) is 2. The number of carbonyl (C=O) groups is 1. The van der Waals surface area contributed by atoms with Crippen LogP contribution in [0.2, 0.25) is 0 Å². The van der Waals surface area contributed by atoms with Crippen LogP contribution >= 0.6 is 0 Å². The molecule has 0 bridgehead atoms. The second-order valence-corrected chi connectivity index (χ2v) is 6.64. The maximum Gasteiger partial charge on any atom is 0.223 e. The molecule has 0 heterocycles. The van der Waals surface area contributed by atoms with Crippen molar-refractivity contribution in [2.45, 2.75) is 78.2 Å². The van der Waals surface area contributed by atoms with Crippen molar-refractivity contribution in [1.82, 2.24) is 5.32 Å². The van der Waals surface area contributed by atoms with Gasteiger partial charge >= 0.3 is 0 Å². The Kier molecular flexibility index (Phi) is 12.7. The maximum atomic E-state index is 12.1. The first kappa shape index (κ1) is 21.9. The van der Waals surface area contributed by atoms with Crippen LogP contribution < -0.4 is 5.32 Å². The highest BCUT2D eigenvalue weighted by Crippen LogP contribution is 2.20. The van der Waals surface area contributed by atoms with Gasteiger partial charge in [-0.15, -0.1) is 13.2 Å². The molecule has 3 nitrogen and oxygen atoms in total. The average Bonchev–Trinajstić information content (AvgIpc) is 2.53. The fourth-order valence-corrected chi connectivity index (χ4v) is 2.86. The van der Waals surface area contributed by atoms with Crippen molar-refractivity contribution < 1.29 is 9.90 Å². The fourth-order valence-electron chi connectivity index (χ4n) is 2.86. The molecule has 2 N–H and O–H groups in total. The highest BCUT2D eigenvalue weighted by Gasteiger charge is 2.18. The molecular weight excluding hydrogens is 286 g/mol. The van der Waals surface area contributed by atoms with E-state index in [0.29, 0.717) is 12.5 Å². The van der Waals surface area contributed by atoms with Crippen LogP contribution in [0.4, 0.5) is 0 Å². The van der Waals surface area contributed by atoms with E-state index in [1.807, 2.05) is 13.0 Å². The molecule has 0 aromatic heterocycles. The summed E-state index contributed by atoms with van der Waals surface area (Å²) in [7, 11) is 0. The highest BCUT2D eigenvalue weighted by molar-refractivity contribution is 5.78. The quantitative estimate of drug-likeness (QED) is 0.362. The molecule has 0 unspecified atom stereocenters. The molecule has 0 aromatic rings. The Bertz CT molecular complexity index is 352. The summed E-state index contributed by atoms with van der Waals surface area (Å²) in [6.07, 6.45) is 8.78. The lowest BCUT2D eigenvalue weighted by Crippen LogP contribution is -2.31. The van der Waals surface area contributed by atoms with Crippen LogP contribution in [0.3, 0.4) is 0 Å². The van der Waals surface area contributed by atoms with Gasteiger partial charge in [0.25, 0.3) is 0 Å². The van der Waals surface area contributed by atoms with Gasteiger partial charge in [0.1, 0.15) is 0 Å². The normalized spacial score (nSPS) is 14.8. The molecule has 3 heteroatoms. The summed E-state index contributed by atoms with van der Waals surface area (Å²) in [5.41, 5.74) is 1.12. The maximum absolute atomic E-state index is 12.1. The number of aliphatic hydroxyl groups excluding tert-OH is 1. The number of carbonyl (C=O) groups excluding carboxylic acids is 1. The lowest BCUT2D eigenvalue weighted by molar-refractivity contribution is -0.125. The number of hydrogen-bond acceptors (Lipinski definition) is 2. The molecule has 23 heavy (non-hydrogen) atoms. The van der Waals surface area contributed by atoms with Crippen LogP contribution in [0.25, 0.3) is 0 Å². The topological polar surface area (TPSA) is 49.3 Å². The molecule has 0 radical (unpaired) electrons. The molecule has 0 fully saturated rings. The Morgan fingerprint density at radius 2 is 1.91 bits per heavy atom. The number of rotatable bonds is 14. The zero-order valence-corrected chi connectivity index (χ0v) is 15.4. The van der Waals surface area contributed by atoms with E-state index < -0.39 is 0 Å². The van der Waals surface area contributed by atoms with Crippen LogP contribution in [0.15, 0.2) is 24.8 Å². The number of aliphatic hydroxyl groups is 1. The lowest BCUT2D eigenvalue weighted by Gasteiger charge is -2.22. The third-order valence-corrected chi connectivity index (χ3v) is 4.57. The van der Waals surface area contributed by atoms with Crippen LogP contribution in [-0.4, -0.2) is 23.7 Å². The summed E-state index contributed by atoms with van der Waals surface area (Å²) in [5, 5.41) is 13.3. The van der Waals surface area contributed by atoms with Crippen molar-refractivity contribution in [1.29, 1.82) is 0 Å². The van der Waals surface area contributed by atoms with Crippen molar-refractivity contribution >= 4 is 5.91 Å². The smallest absolute Gasteiger partial charge is 0.223 e. The number of allylic oxidation sites excluding steroid dienone is 2. The van der Waals surface area contributed by atoms with Crippen molar-refractivity contribution in [2.24, 2.45) is 11.8 Å².